The van der Waals surface area contributed by atoms with Crippen LogP contribution < -0.4 is 4.74 Å². The summed E-state index contributed by atoms with van der Waals surface area (Å²) in [6, 6.07) is 5.17. The van der Waals surface area contributed by atoms with Crippen LogP contribution in [0.25, 0.3) is 10.8 Å². The van der Waals surface area contributed by atoms with Crippen molar-refractivity contribution in [1.29, 1.82) is 0 Å². The number of esters is 1. The molecule has 0 spiro atoms. The molecule has 0 bridgehead atoms. The highest BCUT2D eigenvalue weighted by Gasteiger charge is 2.24. The van der Waals surface area contributed by atoms with E-state index >= 15 is 0 Å². The van der Waals surface area contributed by atoms with Gasteiger partial charge in [-0.2, -0.15) is 0 Å². The van der Waals surface area contributed by atoms with Crippen LogP contribution in [0.2, 0.25) is 0 Å². The predicted molar refractivity (Wildman–Crippen MR) is 72.8 cm³/mol. The van der Waals surface area contributed by atoms with Gasteiger partial charge in [-0.3, -0.25) is 0 Å². The van der Waals surface area contributed by atoms with Crippen LogP contribution in [0, 0.1) is 6.92 Å². The van der Waals surface area contributed by atoms with Gasteiger partial charge < -0.3 is 14.6 Å². The fraction of sp³-hybridized carbons (Fsp3) is 0.267. The number of carbonyl (C=O) groups excluding carboxylic acids is 1. The van der Waals surface area contributed by atoms with Gasteiger partial charge in [-0.25, -0.2) is 4.79 Å². The number of rotatable bonds is 1. The number of aryl methyl sites for hydroxylation is 1. The molecule has 4 heteroatoms. The number of fused-ring (bicyclic) bond motifs is 2. The van der Waals surface area contributed by atoms with Gasteiger partial charge in [0.2, 0.25) is 0 Å². The fourth-order valence-electron chi connectivity index (χ4n) is 2.38. The van der Waals surface area contributed by atoms with Crippen LogP contribution in [0.15, 0.2) is 18.2 Å². The molecule has 0 atom stereocenters. The lowest BCUT2D eigenvalue weighted by Crippen LogP contribution is -1.95. The number of phenolic OH excluding ortho intramolecular Hbond substituents is 1. The Bertz CT molecular complexity index is 674. The first-order chi connectivity index (χ1) is 8.61. The van der Waals surface area contributed by atoms with E-state index in [9.17, 15) is 9.90 Å². The number of cyclic esters (lactones) is 1. The van der Waals surface area contributed by atoms with Gasteiger partial charge in [-0.15, -0.1) is 0 Å². The molecule has 2 aromatic rings. The SMILES string of the molecule is C.COc1cc2cc3c(c(C)c2cc1O)COC3=O. The van der Waals surface area contributed by atoms with E-state index in [2.05, 4.69) is 0 Å². The molecule has 19 heavy (non-hydrogen) atoms. The highest BCUT2D eigenvalue weighted by Crippen LogP contribution is 2.36. The van der Waals surface area contributed by atoms with Gasteiger partial charge in [0, 0.05) is 5.56 Å². The van der Waals surface area contributed by atoms with E-state index in [1.54, 1.807) is 18.2 Å². The number of phenols is 1. The zero-order chi connectivity index (χ0) is 12.9. The van der Waals surface area contributed by atoms with Gasteiger partial charge in [-0.1, -0.05) is 7.43 Å². The van der Waals surface area contributed by atoms with E-state index < -0.39 is 0 Å². The molecule has 1 aliphatic heterocycles. The average molecular weight is 260 g/mol. The summed E-state index contributed by atoms with van der Waals surface area (Å²) in [6.07, 6.45) is 0. The van der Waals surface area contributed by atoms with Crippen LogP contribution in [0.5, 0.6) is 11.5 Å². The maximum Gasteiger partial charge on any atom is 0.338 e. The predicted octanol–water partition coefficient (Wildman–Crippen LogP) is 3.17. The second-order valence-electron chi connectivity index (χ2n) is 4.35. The third-order valence-electron chi connectivity index (χ3n) is 3.40. The van der Waals surface area contributed by atoms with Crippen LogP contribution in [0.1, 0.15) is 28.9 Å². The number of ether oxygens (including phenoxy) is 2. The topological polar surface area (TPSA) is 55.8 Å². The highest BCUT2D eigenvalue weighted by molar-refractivity contribution is 6.01. The molecule has 0 aliphatic carbocycles. The fourth-order valence-corrected chi connectivity index (χ4v) is 2.38. The molecule has 100 valence electrons. The number of aromatic hydroxyl groups is 1. The van der Waals surface area contributed by atoms with Gasteiger partial charge >= 0.3 is 5.97 Å². The second-order valence-corrected chi connectivity index (χ2v) is 4.35. The maximum atomic E-state index is 11.6. The smallest absolute Gasteiger partial charge is 0.338 e. The summed E-state index contributed by atoms with van der Waals surface area (Å²) in [6.45, 7) is 2.23. The summed E-state index contributed by atoms with van der Waals surface area (Å²) >= 11 is 0. The molecule has 0 aromatic heterocycles. The van der Waals surface area contributed by atoms with Gasteiger partial charge in [-0.05, 0) is 41.5 Å². The van der Waals surface area contributed by atoms with E-state index in [-0.39, 0.29) is 19.1 Å². The highest BCUT2D eigenvalue weighted by atomic mass is 16.5. The average Bonchev–Trinajstić information content (AvgIpc) is 2.72. The molecule has 1 aliphatic rings. The minimum atomic E-state index is -0.290. The van der Waals surface area contributed by atoms with Gasteiger partial charge in [0.25, 0.3) is 0 Å². The Morgan fingerprint density at radius 2 is 2.05 bits per heavy atom. The van der Waals surface area contributed by atoms with Crippen molar-refractivity contribution < 1.29 is 19.4 Å². The summed E-state index contributed by atoms with van der Waals surface area (Å²) in [5, 5.41) is 11.6. The number of hydrogen-bond donors (Lipinski definition) is 1. The molecule has 1 N–H and O–H groups in total. The first-order valence-electron chi connectivity index (χ1n) is 5.62. The normalized spacial score (nSPS) is 12.8. The Morgan fingerprint density at radius 3 is 2.74 bits per heavy atom. The molecule has 2 aromatic carbocycles. The molecular formula is C15H16O4. The first-order valence-corrected chi connectivity index (χ1v) is 5.62. The molecule has 0 unspecified atom stereocenters. The minimum Gasteiger partial charge on any atom is -0.504 e. The number of carbonyl (C=O) groups is 1. The Labute approximate surface area is 111 Å². The van der Waals surface area contributed by atoms with E-state index in [1.165, 1.54) is 7.11 Å². The number of benzene rings is 2. The van der Waals surface area contributed by atoms with Crippen LogP contribution in [0.3, 0.4) is 0 Å². The van der Waals surface area contributed by atoms with Gasteiger partial charge in [0.1, 0.15) is 6.61 Å². The van der Waals surface area contributed by atoms with Crippen molar-refractivity contribution in [3.05, 3.63) is 34.9 Å². The Kier molecular flexibility index (Phi) is 3.10. The van der Waals surface area contributed by atoms with E-state index in [0.717, 1.165) is 21.9 Å². The molecule has 4 nitrogen and oxygen atoms in total. The summed E-state index contributed by atoms with van der Waals surface area (Å²) in [7, 11) is 1.50. The lowest BCUT2D eigenvalue weighted by atomic mass is 9.96. The van der Waals surface area contributed by atoms with Crippen molar-refractivity contribution in [2.45, 2.75) is 21.0 Å². The van der Waals surface area contributed by atoms with Crippen molar-refractivity contribution in [2.75, 3.05) is 7.11 Å². The van der Waals surface area contributed by atoms with Crippen molar-refractivity contribution in [2.24, 2.45) is 0 Å². The standard InChI is InChI=1S/C14H12O4.CH4/c1-7-9-5-12(15)13(17-2)4-8(9)3-10-11(7)6-18-14(10)16;/h3-5,15H,6H2,1-2H3;1H4. The van der Waals surface area contributed by atoms with E-state index in [1.807, 2.05) is 6.92 Å². The summed E-state index contributed by atoms with van der Waals surface area (Å²) in [4.78, 5) is 11.6. The monoisotopic (exact) mass is 260 g/mol. The minimum absolute atomic E-state index is 0. The van der Waals surface area contributed by atoms with E-state index in [0.29, 0.717) is 17.9 Å². The molecule has 1 heterocycles. The molecule has 0 saturated heterocycles. The largest absolute Gasteiger partial charge is 0.504 e. The Morgan fingerprint density at radius 1 is 1.32 bits per heavy atom. The molecule has 0 fully saturated rings. The lowest BCUT2D eigenvalue weighted by Gasteiger charge is -2.10. The van der Waals surface area contributed by atoms with E-state index in [4.69, 9.17) is 9.47 Å². The molecule has 0 amide bonds. The van der Waals surface area contributed by atoms with Crippen molar-refractivity contribution in [3.63, 3.8) is 0 Å². The summed E-state index contributed by atoms with van der Waals surface area (Å²) in [5.74, 6) is 0.202. The zero-order valence-corrected chi connectivity index (χ0v) is 10.1. The summed E-state index contributed by atoms with van der Waals surface area (Å²) < 4.78 is 10.1. The number of hydrogen-bond acceptors (Lipinski definition) is 4. The molecule has 0 radical (unpaired) electrons. The third kappa shape index (κ3) is 1.80. The Balaban J connectivity index is 0.00000133. The lowest BCUT2D eigenvalue weighted by molar-refractivity contribution is 0.0535. The van der Waals surface area contributed by atoms with Crippen molar-refractivity contribution >= 4 is 16.7 Å². The second kappa shape index (κ2) is 4.46. The van der Waals surface area contributed by atoms with Crippen LogP contribution in [0.4, 0.5) is 0 Å². The number of methoxy groups -OCH3 is 1. The zero-order valence-electron chi connectivity index (χ0n) is 10.1. The van der Waals surface area contributed by atoms with Gasteiger partial charge in [0.15, 0.2) is 11.5 Å². The first kappa shape index (κ1) is 13.2. The maximum absolute atomic E-state index is 11.6. The summed E-state index contributed by atoms with van der Waals surface area (Å²) in [5.41, 5.74) is 2.47. The molecular weight excluding hydrogens is 244 g/mol. The van der Waals surface area contributed by atoms with Crippen LogP contribution >= 0.6 is 0 Å². The molecule has 3 rings (SSSR count). The van der Waals surface area contributed by atoms with Crippen molar-refractivity contribution in [3.8, 4) is 11.5 Å². The van der Waals surface area contributed by atoms with Crippen LogP contribution in [-0.4, -0.2) is 18.2 Å². The molecule has 0 saturated carbocycles. The van der Waals surface area contributed by atoms with Crippen molar-refractivity contribution in [1.82, 2.24) is 0 Å². The Hall–Kier alpha value is -2.23. The van der Waals surface area contributed by atoms with Gasteiger partial charge in [0.05, 0.1) is 12.7 Å². The van der Waals surface area contributed by atoms with Crippen LogP contribution in [-0.2, 0) is 11.3 Å². The quantitative estimate of drug-likeness (QED) is 0.800. The third-order valence-corrected chi connectivity index (χ3v) is 3.40.